The third-order valence-corrected chi connectivity index (χ3v) is 5.92. The maximum absolute atomic E-state index is 12.6. The number of nitrogens with one attached hydrogen (secondary N) is 1. The molecule has 0 bridgehead atoms. The van der Waals surface area contributed by atoms with Gasteiger partial charge in [-0.2, -0.15) is 14.8 Å². The number of hydrogen-bond donors (Lipinski definition) is 1. The van der Waals surface area contributed by atoms with Crippen molar-refractivity contribution in [1.82, 2.24) is 9.78 Å². The van der Waals surface area contributed by atoms with Crippen molar-refractivity contribution in [3.05, 3.63) is 36.0 Å². The molecular formula is C23H25N5O4. The summed E-state index contributed by atoms with van der Waals surface area (Å²) in [6.45, 7) is -0.181. The highest BCUT2D eigenvalue weighted by Crippen LogP contribution is 2.40. The molecule has 1 aromatic heterocycles. The largest absolute Gasteiger partial charge is 0.497 e. The number of carbonyl (C=O) groups is 2. The van der Waals surface area contributed by atoms with E-state index in [1.807, 2.05) is 6.07 Å². The zero-order valence-electron chi connectivity index (χ0n) is 17.9. The molecule has 5 rings (SSSR count). The number of methoxy groups -OCH3 is 1. The number of aromatic nitrogens is 2. The molecule has 2 aromatic rings. The Labute approximate surface area is 185 Å². The van der Waals surface area contributed by atoms with Gasteiger partial charge in [-0.1, -0.05) is 12.5 Å². The Balaban J connectivity index is 1.34. The van der Waals surface area contributed by atoms with Gasteiger partial charge in [0.25, 0.3) is 17.8 Å². The van der Waals surface area contributed by atoms with Crippen LogP contribution in [0.5, 0.6) is 11.5 Å². The van der Waals surface area contributed by atoms with Crippen molar-refractivity contribution in [2.75, 3.05) is 19.0 Å². The first-order valence-corrected chi connectivity index (χ1v) is 11.0. The van der Waals surface area contributed by atoms with Crippen molar-refractivity contribution >= 4 is 29.3 Å². The first-order chi connectivity index (χ1) is 15.6. The van der Waals surface area contributed by atoms with Gasteiger partial charge in [0.05, 0.1) is 18.7 Å². The number of amides is 2. The Kier molecular flexibility index (Phi) is 5.46. The van der Waals surface area contributed by atoms with Gasteiger partial charge in [0.15, 0.2) is 6.61 Å². The molecule has 1 aromatic carbocycles. The lowest BCUT2D eigenvalue weighted by Crippen LogP contribution is -2.34. The molecule has 0 spiro atoms. The van der Waals surface area contributed by atoms with Crippen molar-refractivity contribution < 1.29 is 19.1 Å². The predicted molar refractivity (Wildman–Crippen MR) is 119 cm³/mol. The Hall–Kier alpha value is -3.49. The first kappa shape index (κ1) is 20.4. The normalized spacial score (nSPS) is 20.2. The molecule has 9 heteroatoms. The van der Waals surface area contributed by atoms with Crippen LogP contribution in [0.3, 0.4) is 0 Å². The van der Waals surface area contributed by atoms with Gasteiger partial charge in [0.2, 0.25) is 0 Å². The van der Waals surface area contributed by atoms with E-state index in [2.05, 4.69) is 20.4 Å². The smallest absolute Gasteiger partial charge is 0.263 e. The maximum Gasteiger partial charge on any atom is 0.263 e. The van der Waals surface area contributed by atoms with Gasteiger partial charge >= 0.3 is 0 Å². The average Bonchev–Trinajstić information content (AvgIpc) is 3.58. The van der Waals surface area contributed by atoms with Crippen molar-refractivity contribution in [2.45, 2.75) is 44.4 Å². The molecule has 2 heterocycles. The van der Waals surface area contributed by atoms with Crippen molar-refractivity contribution in [3.63, 3.8) is 0 Å². The lowest BCUT2D eigenvalue weighted by atomic mass is 9.86. The molecule has 0 saturated heterocycles. The van der Waals surface area contributed by atoms with Crippen LogP contribution in [-0.2, 0) is 9.59 Å². The van der Waals surface area contributed by atoms with Gasteiger partial charge in [0, 0.05) is 23.8 Å². The standard InChI is InChI=1S/C23H25N5O4/c1-31-15-5-4-6-16(11-15)32-13-21(29)25-20-12-19(14-9-10-14)27-28(20)23-24-18-8-3-2-7-17(18)22(30)26-23/h4-6,11-12,14,17H,2-3,7-10,13H2,1H3,(H,25,29). The molecule has 166 valence electrons. The molecule has 2 saturated carbocycles. The van der Waals surface area contributed by atoms with E-state index in [4.69, 9.17) is 9.47 Å². The number of hydrogen-bond acceptors (Lipinski definition) is 6. The minimum atomic E-state index is -0.345. The Morgan fingerprint density at radius 3 is 2.81 bits per heavy atom. The van der Waals surface area contributed by atoms with E-state index in [1.54, 1.807) is 31.4 Å². The van der Waals surface area contributed by atoms with Gasteiger partial charge in [-0.25, -0.2) is 4.99 Å². The Morgan fingerprint density at radius 2 is 2.00 bits per heavy atom. The summed E-state index contributed by atoms with van der Waals surface area (Å²) in [6, 6.07) is 8.89. The van der Waals surface area contributed by atoms with E-state index in [1.165, 1.54) is 4.68 Å². The van der Waals surface area contributed by atoms with Crippen LogP contribution in [0.4, 0.5) is 5.82 Å². The van der Waals surface area contributed by atoms with Crippen LogP contribution < -0.4 is 14.8 Å². The molecule has 9 nitrogen and oxygen atoms in total. The second kappa shape index (κ2) is 8.57. The number of carbonyl (C=O) groups excluding carboxylic acids is 2. The van der Waals surface area contributed by atoms with Crippen molar-refractivity contribution in [2.24, 2.45) is 15.9 Å². The summed E-state index contributed by atoms with van der Waals surface area (Å²) in [5.74, 6) is 1.48. The fourth-order valence-corrected chi connectivity index (χ4v) is 4.06. The molecule has 1 N–H and O–H groups in total. The topological polar surface area (TPSA) is 107 Å². The number of rotatable bonds is 6. The lowest BCUT2D eigenvalue weighted by molar-refractivity contribution is -0.120. The molecule has 2 fully saturated rings. The maximum atomic E-state index is 12.6. The molecule has 1 atom stereocenters. The Morgan fingerprint density at radius 1 is 1.16 bits per heavy atom. The number of fused-ring (bicyclic) bond motifs is 1. The molecule has 1 aliphatic heterocycles. The second-order valence-electron chi connectivity index (χ2n) is 8.31. The fraction of sp³-hybridized carbons (Fsp3) is 0.435. The first-order valence-electron chi connectivity index (χ1n) is 11.0. The third kappa shape index (κ3) is 4.28. The third-order valence-electron chi connectivity index (χ3n) is 5.92. The van der Waals surface area contributed by atoms with E-state index in [9.17, 15) is 9.59 Å². The molecule has 3 aliphatic rings. The van der Waals surface area contributed by atoms with Crippen LogP contribution in [0.2, 0.25) is 0 Å². The van der Waals surface area contributed by atoms with Crippen molar-refractivity contribution in [3.8, 4) is 11.5 Å². The zero-order chi connectivity index (χ0) is 22.1. The molecule has 2 aliphatic carbocycles. The molecule has 1 unspecified atom stereocenters. The van der Waals surface area contributed by atoms with E-state index >= 15 is 0 Å². The van der Waals surface area contributed by atoms with Gasteiger partial charge in [-0.15, -0.1) is 0 Å². The molecule has 0 radical (unpaired) electrons. The van der Waals surface area contributed by atoms with Gasteiger partial charge < -0.3 is 14.8 Å². The average molecular weight is 435 g/mol. The molecular weight excluding hydrogens is 410 g/mol. The second-order valence-corrected chi connectivity index (χ2v) is 8.31. The number of anilines is 1. The summed E-state index contributed by atoms with van der Waals surface area (Å²) in [4.78, 5) is 34.0. The summed E-state index contributed by atoms with van der Waals surface area (Å²) in [7, 11) is 1.57. The lowest BCUT2D eigenvalue weighted by Gasteiger charge is -2.24. The monoisotopic (exact) mass is 435 g/mol. The highest BCUT2D eigenvalue weighted by Gasteiger charge is 2.33. The number of ether oxygens (including phenoxy) is 2. The summed E-state index contributed by atoms with van der Waals surface area (Å²) in [6.07, 6.45) is 5.75. The quantitative estimate of drug-likeness (QED) is 0.750. The van der Waals surface area contributed by atoms with Crippen molar-refractivity contribution in [1.29, 1.82) is 0 Å². The van der Waals surface area contributed by atoms with E-state index in [-0.39, 0.29) is 30.3 Å². The van der Waals surface area contributed by atoms with E-state index < -0.39 is 0 Å². The summed E-state index contributed by atoms with van der Waals surface area (Å²) in [5.41, 5.74) is 1.74. The van der Waals surface area contributed by atoms with Crippen LogP contribution >= 0.6 is 0 Å². The number of nitrogens with zero attached hydrogens (tertiary/aromatic N) is 4. The van der Waals surface area contributed by atoms with Gasteiger partial charge in [-0.3, -0.25) is 9.59 Å². The number of benzene rings is 1. The van der Waals surface area contributed by atoms with Crippen LogP contribution in [0, 0.1) is 5.92 Å². The summed E-state index contributed by atoms with van der Waals surface area (Å²) in [5, 5.41) is 7.46. The van der Waals surface area contributed by atoms with Crippen LogP contribution in [-0.4, -0.2) is 47.0 Å². The SMILES string of the molecule is COc1cccc(OCC(=O)Nc2cc(C3CC3)nn2C2=NC(=O)C3CCCCC3=N2)c1. The number of aliphatic imine (C=N–C) groups is 2. The van der Waals surface area contributed by atoms with Gasteiger partial charge in [-0.05, 0) is 44.2 Å². The van der Waals surface area contributed by atoms with E-state index in [0.717, 1.165) is 49.9 Å². The zero-order valence-corrected chi connectivity index (χ0v) is 17.9. The van der Waals surface area contributed by atoms with Gasteiger partial charge in [0.1, 0.15) is 17.3 Å². The van der Waals surface area contributed by atoms with Crippen LogP contribution in [0.15, 0.2) is 40.3 Å². The highest BCUT2D eigenvalue weighted by atomic mass is 16.5. The highest BCUT2D eigenvalue weighted by molar-refractivity contribution is 6.16. The van der Waals surface area contributed by atoms with Crippen LogP contribution in [0.1, 0.15) is 50.1 Å². The summed E-state index contributed by atoms with van der Waals surface area (Å²) < 4.78 is 12.2. The van der Waals surface area contributed by atoms with Crippen LogP contribution in [0.25, 0.3) is 0 Å². The molecule has 2 amide bonds. The minimum absolute atomic E-state index is 0.174. The minimum Gasteiger partial charge on any atom is -0.497 e. The summed E-state index contributed by atoms with van der Waals surface area (Å²) >= 11 is 0. The van der Waals surface area contributed by atoms with E-state index in [0.29, 0.717) is 23.2 Å². The fourth-order valence-electron chi connectivity index (χ4n) is 4.06. The molecule has 32 heavy (non-hydrogen) atoms. The predicted octanol–water partition coefficient (Wildman–Crippen LogP) is 3.16. The Bertz CT molecular complexity index is 1120.